The monoisotopic (exact) mass is 670 g/mol. The number of alkyl halides is 3. The number of benzene rings is 3. The Morgan fingerprint density at radius 1 is 1.13 bits per heavy atom. The number of amides is 1. The van der Waals surface area contributed by atoms with Gasteiger partial charge in [-0.15, -0.1) is 18.3 Å². The second-order valence-corrected chi connectivity index (χ2v) is 12.0. The first-order valence-electron chi connectivity index (χ1n) is 13.6. The van der Waals surface area contributed by atoms with Crippen molar-refractivity contribution in [2.45, 2.75) is 33.1 Å². The number of carbonyl (C=O) groups is 1. The van der Waals surface area contributed by atoms with Crippen molar-refractivity contribution in [3.63, 3.8) is 0 Å². The molecule has 1 aliphatic heterocycles. The van der Waals surface area contributed by atoms with Crippen molar-refractivity contribution in [3.8, 4) is 22.8 Å². The van der Waals surface area contributed by atoms with Gasteiger partial charge in [-0.1, -0.05) is 73.6 Å². The fourth-order valence-corrected chi connectivity index (χ4v) is 5.86. The lowest BCUT2D eigenvalue weighted by Crippen LogP contribution is -2.32. The zero-order chi connectivity index (χ0) is 32.3. The molecule has 0 saturated carbocycles. The minimum Gasteiger partial charge on any atom is -0.406 e. The average Bonchev–Trinajstić information content (AvgIpc) is 3.60. The molecule has 1 saturated heterocycles. The maximum atomic E-state index is 12.8. The van der Waals surface area contributed by atoms with Crippen LogP contribution >= 0.6 is 35.6 Å². The number of nitrogens with zero attached hydrogens (tertiary/aromatic N) is 5. The predicted octanol–water partition coefficient (Wildman–Crippen LogP) is 7.81. The van der Waals surface area contributed by atoms with E-state index in [-0.39, 0.29) is 33.6 Å². The van der Waals surface area contributed by atoms with Crippen molar-refractivity contribution in [1.29, 1.82) is 0 Å². The number of aryl methyl sites for hydroxylation is 1. The summed E-state index contributed by atoms with van der Waals surface area (Å²) in [4.78, 5) is 23.3. The van der Waals surface area contributed by atoms with Gasteiger partial charge in [-0.25, -0.2) is 9.67 Å². The van der Waals surface area contributed by atoms with Crippen molar-refractivity contribution in [1.82, 2.24) is 20.1 Å². The van der Waals surface area contributed by atoms with Gasteiger partial charge in [0.15, 0.2) is 16.1 Å². The Morgan fingerprint density at radius 2 is 1.84 bits per heavy atom. The molecule has 0 bridgehead atoms. The Kier molecular flexibility index (Phi) is 9.61. The molecule has 5 rings (SSSR count). The summed E-state index contributed by atoms with van der Waals surface area (Å²) in [6.45, 7) is 6.13. The van der Waals surface area contributed by atoms with Gasteiger partial charge in [-0.05, 0) is 78.2 Å². The van der Waals surface area contributed by atoms with Crippen LogP contribution in [0.4, 0.5) is 18.9 Å². The number of nitrogens with one attached hydrogen (secondary N) is 1. The normalized spacial score (nSPS) is 14.8. The summed E-state index contributed by atoms with van der Waals surface area (Å²) in [6, 6.07) is 18.6. The van der Waals surface area contributed by atoms with Crippen LogP contribution in [0.3, 0.4) is 0 Å². The lowest BCUT2D eigenvalue weighted by molar-refractivity contribution is -0.274. The second-order valence-electron chi connectivity index (χ2n) is 10.2. The molecule has 1 amide bonds. The number of anilines is 1. The van der Waals surface area contributed by atoms with Crippen LogP contribution in [0.15, 0.2) is 83.2 Å². The van der Waals surface area contributed by atoms with Gasteiger partial charge >= 0.3 is 6.36 Å². The number of amidine groups is 1. The maximum Gasteiger partial charge on any atom is 0.573 e. The van der Waals surface area contributed by atoms with Crippen LogP contribution in [0, 0.1) is 6.92 Å². The SMILES string of the molecule is Cc1ccc(C(C)C)c(N2C(=O)CSC2=NC(=S)N/C(Cl)=C/c2ccc(-c3ncn(-c4ccc(OC(F)(F)F)cc4)n3)cc2)c1. The summed E-state index contributed by atoms with van der Waals surface area (Å²) in [7, 11) is 0. The number of thioether (sulfide) groups is 1. The first-order valence-corrected chi connectivity index (χ1v) is 15.3. The molecule has 8 nitrogen and oxygen atoms in total. The molecule has 232 valence electrons. The van der Waals surface area contributed by atoms with Gasteiger partial charge in [0.2, 0.25) is 5.91 Å². The minimum atomic E-state index is -4.76. The molecule has 0 radical (unpaired) electrons. The molecular formula is C31H26ClF3N6O2S2. The lowest BCUT2D eigenvalue weighted by Gasteiger charge is -2.22. The number of halogens is 4. The van der Waals surface area contributed by atoms with Gasteiger partial charge in [-0.2, -0.15) is 4.99 Å². The van der Waals surface area contributed by atoms with Gasteiger partial charge in [0, 0.05) is 5.56 Å². The van der Waals surface area contributed by atoms with Crippen molar-refractivity contribution in [2.75, 3.05) is 10.7 Å². The van der Waals surface area contributed by atoms with Gasteiger partial charge in [-0.3, -0.25) is 9.69 Å². The summed E-state index contributed by atoms with van der Waals surface area (Å²) in [5.41, 5.74) is 4.88. The van der Waals surface area contributed by atoms with E-state index in [2.05, 4.69) is 39.0 Å². The van der Waals surface area contributed by atoms with Crippen LogP contribution in [0.5, 0.6) is 5.75 Å². The highest BCUT2D eigenvalue weighted by atomic mass is 35.5. The maximum absolute atomic E-state index is 12.8. The van der Waals surface area contributed by atoms with Crippen molar-refractivity contribution < 1.29 is 22.7 Å². The smallest absolute Gasteiger partial charge is 0.406 e. The zero-order valence-corrected chi connectivity index (χ0v) is 26.6. The number of rotatable bonds is 7. The number of carbonyl (C=O) groups excluding carboxylic acids is 1. The molecule has 1 N–H and O–H groups in total. The minimum absolute atomic E-state index is 0.0662. The molecule has 0 spiro atoms. The topological polar surface area (TPSA) is 84.6 Å². The average molecular weight is 671 g/mol. The quantitative estimate of drug-likeness (QED) is 0.159. The molecule has 1 fully saturated rings. The number of aliphatic imine (C=N–C) groups is 1. The van der Waals surface area contributed by atoms with E-state index in [0.717, 1.165) is 22.4 Å². The van der Waals surface area contributed by atoms with Gasteiger partial charge in [0.05, 0.1) is 17.1 Å². The van der Waals surface area contributed by atoms with E-state index in [1.807, 2.05) is 37.3 Å². The van der Waals surface area contributed by atoms with Gasteiger partial charge in [0.25, 0.3) is 0 Å². The van der Waals surface area contributed by atoms with Crippen LogP contribution in [0.2, 0.25) is 0 Å². The highest BCUT2D eigenvalue weighted by Gasteiger charge is 2.32. The lowest BCUT2D eigenvalue weighted by atomic mass is 9.99. The zero-order valence-electron chi connectivity index (χ0n) is 24.2. The molecule has 3 aromatic carbocycles. The second kappa shape index (κ2) is 13.4. The van der Waals surface area contributed by atoms with Crippen molar-refractivity contribution in [3.05, 3.63) is 94.9 Å². The summed E-state index contributed by atoms with van der Waals surface area (Å²) in [6.07, 6.45) is -1.62. The van der Waals surface area contributed by atoms with Crippen molar-refractivity contribution >= 4 is 63.5 Å². The van der Waals surface area contributed by atoms with E-state index in [9.17, 15) is 18.0 Å². The fourth-order valence-electron chi connectivity index (χ4n) is 4.47. The molecule has 45 heavy (non-hydrogen) atoms. The third-order valence-electron chi connectivity index (χ3n) is 6.53. The Bertz CT molecular complexity index is 1790. The van der Waals surface area contributed by atoms with Crippen LogP contribution < -0.4 is 15.0 Å². The Hall–Kier alpha value is -4.20. The first-order chi connectivity index (χ1) is 21.4. The largest absolute Gasteiger partial charge is 0.573 e. The highest BCUT2D eigenvalue weighted by molar-refractivity contribution is 8.15. The van der Waals surface area contributed by atoms with Crippen molar-refractivity contribution in [2.24, 2.45) is 4.99 Å². The fraction of sp³-hybridized carbons (Fsp3) is 0.194. The Balaban J connectivity index is 1.25. The molecule has 4 aromatic rings. The van der Waals surface area contributed by atoms with E-state index in [1.54, 1.807) is 23.1 Å². The number of hydrogen-bond acceptors (Lipinski definition) is 6. The molecule has 0 unspecified atom stereocenters. The summed E-state index contributed by atoms with van der Waals surface area (Å²) >= 11 is 13.2. The number of hydrogen-bond donors (Lipinski definition) is 1. The van der Waals surface area contributed by atoms with E-state index < -0.39 is 6.36 Å². The van der Waals surface area contributed by atoms with E-state index in [0.29, 0.717) is 22.2 Å². The number of thiocarbonyl (C=S) groups is 1. The van der Waals surface area contributed by atoms with Crippen LogP contribution in [0.25, 0.3) is 23.2 Å². The van der Waals surface area contributed by atoms with E-state index in [1.165, 1.54) is 47.0 Å². The third-order valence-corrected chi connectivity index (χ3v) is 7.85. The molecule has 0 aliphatic carbocycles. The molecule has 14 heteroatoms. The van der Waals surface area contributed by atoms with Crippen LogP contribution in [-0.4, -0.2) is 43.1 Å². The highest BCUT2D eigenvalue weighted by Crippen LogP contribution is 2.34. The Labute approximate surface area is 272 Å². The van der Waals surface area contributed by atoms with E-state index >= 15 is 0 Å². The van der Waals surface area contributed by atoms with E-state index in [4.69, 9.17) is 23.8 Å². The number of ether oxygens (including phenoxy) is 1. The standard InChI is InChI=1S/C31H26ClF3N6O2S2/c1-18(2)24-13-4-19(3)14-25(24)41-27(42)16-45-30(41)38-29(44)37-26(32)15-20-5-7-21(8-6-20)28-36-17-40(39-28)22-9-11-23(12-10-22)43-31(33,34)35/h4-15,17-18H,16H2,1-3H3,(H,37,44)/b26-15+,38-30?. The first kappa shape index (κ1) is 32.2. The molecule has 0 atom stereocenters. The summed E-state index contributed by atoms with van der Waals surface area (Å²) in [5, 5.41) is 8.14. The van der Waals surface area contributed by atoms with Gasteiger partial charge < -0.3 is 10.1 Å². The third kappa shape index (κ3) is 8.10. The molecule has 2 heterocycles. The molecule has 1 aromatic heterocycles. The summed E-state index contributed by atoms with van der Waals surface area (Å²) in [5.74, 6) is 0.504. The number of aromatic nitrogens is 3. The summed E-state index contributed by atoms with van der Waals surface area (Å²) < 4.78 is 42.6. The van der Waals surface area contributed by atoms with Gasteiger partial charge in [0.1, 0.15) is 17.2 Å². The molecular weight excluding hydrogens is 645 g/mol. The predicted molar refractivity (Wildman–Crippen MR) is 176 cm³/mol. The van der Waals surface area contributed by atoms with Crippen LogP contribution in [-0.2, 0) is 4.79 Å². The Morgan fingerprint density at radius 3 is 2.51 bits per heavy atom. The molecule has 1 aliphatic rings. The van der Waals surface area contributed by atoms with Crippen LogP contribution in [0.1, 0.15) is 36.5 Å².